The van der Waals surface area contributed by atoms with Gasteiger partial charge < -0.3 is 19.1 Å². The number of benzene rings is 2. The molecule has 0 N–H and O–H groups in total. The Bertz CT molecular complexity index is 967. The van der Waals surface area contributed by atoms with Crippen LogP contribution in [-0.4, -0.2) is 50.2 Å². The third kappa shape index (κ3) is 3.74. The summed E-state index contributed by atoms with van der Waals surface area (Å²) in [7, 11) is 4.65. The molecular weight excluding hydrogens is 388 g/mol. The van der Waals surface area contributed by atoms with Crippen LogP contribution in [0.25, 0.3) is 10.2 Å². The highest BCUT2D eigenvalue weighted by molar-refractivity contribution is 7.18. The Balaban J connectivity index is 1.49. The first-order chi connectivity index (χ1) is 14.1. The Morgan fingerprint density at radius 1 is 1.03 bits per heavy atom. The van der Waals surface area contributed by atoms with Gasteiger partial charge in [0.25, 0.3) is 5.91 Å². The van der Waals surface area contributed by atoms with Crippen LogP contribution in [0.1, 0.15) is 34.1 Å². The van der Waals surface area contributed by atoms with E-state index in [1.807, 2.05) is 17.0 Å². The summed E-state index contributed by atoms with van der Waals surface area (Å²) < 4.78 is 17.3. The van der Waals surface area contributed by atoms with E-state index >= 15 is 0 Å². The highest BCUT2D eigenvalue weighted by Gasteiger charge is 2.28. The van der Waals surface area contributed by atoms with Gasteiger partial charge in [0.15, 0.2) is 11.5 Å². The van der Waals surface area contributed by atoms with Gasteiger partial charge in [-0.25, -0.2) is 4.98 Å². The smallest absolute Gasteiger partial charge is 0.254 e. The van der Waals surface area contributed by atoms with Crippen LogP contribution in [0.15, 0.2) is 36.4 Å². The fraction of sp³-hybridized carbons (Fsp3) is 0.364. The number of piperidine rings is 1. The number of thiazole rings is 1. The molecule has 2 heterocycles. The molecule has 0 saturated carbocycles. The van der Waals surface area contributed by atoms with Gasteiger partial charge in [0.1, 0.15) is 0 Å². The Kier molecular flexibility index (Phi) is 5.58. The molecule has 152 valence electrons. The van der Waals surface area contributed by atoms with Gasteiger partial charge in [-0.2, -0.15) is 0 Å². The number of rotatable bonds is 5. The van der Waals surface area contributed by atoms with Crippen LogP contribution >= 0.6 is 11.3 Å². The van der Waals surface area contributed by atoms with Gasteiger partial charge >= 0.3 is 0 Å². The lowest BCUT2D eigenvalue weighted by atomic mass is 9.97. The first-order valence-electron chi connectivity index (χ1n) is 9.59. The summed E-state index contributed by atoms with van der Waals surface area (Å²) in [5.74, 6) is 1.84. The molecule has 6 nitrogen and oxygen atoms in total. The van der Waals surface area contributed by atoms with E-state index in [4.69, 9.17) is 19.2 Å². The number of hydrogen-bond donors (Lipinski definition) is 0. The van der Waals surface area contributed by atoms with Gasteiger partial charge in [-0.05, 0) is 37.1 Å². The zero-order valence-electron chi connectivity index (χ0n) is 16.8. The average molecular weight is 413 g/mol. The number of ether oxygens (including phenoxy) is 3. The summed E-state index contributed by atoms with van der Waals surface area (Å²) in [5, 5.41) is 1.17. The summed E-state index contributed by atoms with van der Waals surface area (Å²) in [4.78, 5) is 19.8. The molecule has 3 aromatic rings. The van der Waals surface area contributed by atoms with E-state index in [1.165, 1.54) is 9.71 Å². The van der Waals surface area contributed by atoms with Gasteiger partial charge in [-0.1, -0.05) is 12.1 Å². The summed E-state index contributed by atoms with van der Waals surface area (Å²) in [6.45, 7) is 1.41. The van der Waals surface area contributed by atoms with Gasteiger partial charge in [0.2, 0.25) is 5.75 Å². The number of carbonyl (C=O) groups excluding carboxylic acids is 1. The molecule has 29 heavy (non-hydrogen) atoms. The number of fused-ring (bicyclic) bond motifs is 1. The lowest BCUT2D eigenvalue weighted by Crippen LogP contribution is -2.37. The number of carbonyl (C=O) groups is 1. The summed E-state index contributed by atoms with van der Waals surface area (Å²) in [6, 6.07) is 11.7. The zero-order valence-corrected chi connectivity index (χ0v) is 17.6. The number of aromatic nitrogens is 1. The van der Waals surface area contributed by atoms with Crippen LogP contribution in [0, 0.1) is 0 Å². The van der Waals surface area contributed by atoms with Crippen molar-refractivity contribution in [3.63, 3.8) is 0 Å². The first kappa shape index (κ1) is 19.5. The topological polar surface area (TPSA) is 60.9 Å². The van der Waals surface area contributed by atoms with Crippen molar-refractivity contribution in [3.05, 3.63) is 47.0 Å². The number of para-hydroxylation sites is 1. The van der Waals surface area contributed by atoms with Crippen molar-refractivity contribution in [3.8, 4) is 17.2 Å². The van der Waals surface area contributed by atoms with Crippen molar-refractivity contribution in [2.75, 3.05) is 34.4 Å². The molecule has 4 rings (SSSR count). The Morgan fingerprint density at radius 3 is 2.28 bits per heavy atom. The molecule has 0 unspecified atom stereocenters. The maximum atomic E-state index is 13.1. The van der Waals surface area contributed by atoms with Crippen molar-refractivity contribution in [2.45, 2.75) is 18.8 Å². The lowest BCUT2D eigenvalue weighted by molar-refractivity contribution is 0.0712. The van der Waals surface area contributed by atoms with Gasteiger partial charge in [-0.3, -0.25) is 4.79 Å². The molecule has 1 aliphatic heterocycles. The second kappa shape index (κ2) is 8.29. The number of nitrogens with zero attached hydrogens (tertiary/aromatic N) is 2. The highest BCUT2D eigenvalue weighted by atomic mass is 32.1. The largest absolute Gasteiger partial charge is 0.493 e. The summed E-state index contributed by atoms with van der Waals surface area (Å²) in [6.07, 6.45) is 1.83. The van der Waals surface area contributed by atoms with E-state index in [0.29, 0.717) is 41.8 Å². The minimum Gasteiger partial charge on any atom is -0.493 e. The van der Waals surface area contributed by atoms with E-state index in [9.17, 15) is 4.79 Å². The first-order valence-corrected chi connectivity index (χ1v) is 10.4. The molecule has 0 aliphatic carbocycles. The monoisotopic (exact) mass is 412 g/mol. The van der Waals surface area contributed by atoms with E-state index in [1.54, 1.807) is 44.8 Å². The molecule has 7 heteroatoms. The molecule has 1 amide bonds. The number of amides is 1. The number of likely N-dealkylation sites (tertiary alicyclic amines) is 1. The van der Waals surface area contributed by atoms with E-state index in [-0.39, 0.29) is 5.91 Å². The van der Waals surface area contributed by atoms with Crippen LogP contribution < -0.4 is 14.2 Å². The maximum absolute atomic E-state index is 13.1. The van der Waals surface area contributed by atoms with Crippen LogP contribution in [0.3, 0.4) is 0 Å². The normalized spacial score (nSPS) is 14.8. The van der Waals surface area contributed by atoms with E-state index in [0.717, 1.165) is 18.4 Å². The fourth-order valence-corrected chi connectivity index (χ4v) is 4.92. The second-order valence-corrected chi connectivity index (χ2v) is 8.06. The van der Waals surface area contributed by atoms with Crippen molar-refractivity contribution in [2.24, 2.45) is 0 Å². The second-order valence-electron chi connectivity index (χ2n) is 7.00. The maximum Gasteiger partial charge on any atom is 0.254 e. The molecule has 1 saturated heterocycles. The van der Waals surface area contributed by atoms with Crippen LogP contribution in [0.4, 0.5) is 0 Å². The quantitative estimate of drug-likeness (QED) is 0.624. The molecule has 0 radical (unpaired) electrons. The molecule has 0 spiro atoms. The molecule has 1 fully saturated rings. The molecule has 0 bridgehead atoms. The Morgan fingerprint density at radius 2 is 1.69 bits per heavy atom. The molecule has 1 aromatic heterocycles. The van der Waals surface area contributed by atoms with Crippen molar-refractivity contribution in [1.82, 2.24) is 9.88 Å². The summed E-state index contributed by atoms with van der Waals surface area (Å²) >= 11 is 1.76. The van der Waals surface area contributed by atoms with Crippen molar-refractivity contribution in [1.29, 1.82) is 0 Å². The Labute approximate surface area is 174 Å². The predicted octanol–water partition coefficient (Wildman–Crippen LogP) is 4.34. The molecule has 1 aliphatic rings. The van der Waals surface area contributed by atoms with Crippen molar-refractivity contribution >= 4 is 27.5 Å². The Hall–Kier alpha value is -2.80. The highest BCUT2D eigenvalue weighted by Crippen LogP contribution is 2.39. The minimum absolute atomic E-state index is 0.0213. The zero-order chi connectivity index (χ0) is 20.4. The number of hydrogen-bond acceptors (Lipinski definition) is 6. The van der Waals surface area contributed by atoms with Gasteiger partial charge in [0.05, 0.1) is 36.6 Å². The van der Waals surface area contributed by atoms with Crippen molar-refractivity contribution < 1.29 is 19.0 Å². The van der Waals surface area contributed by atoms with E-state index < -0.39 is 0 Å². The van der Waals surface area contributed by atoms with Crippen LogP contribution in [0.2, 0.25) is 0 Å². The van der Waals surface area contributed by atoms with E-state index in [2.05, 4.69) is 12.1 Å². The lowest BCUT2D eigenvalue weighted by Gasteiger charge is -2.31. The summed E-state index contributed by atoms with van der Waals surface area (Å²) in [5.41, 5.74) is 1.60. The van der Waals surface area contributed by atoms with Crippen LogP contribution in [0.5, 0.6) is 17.2 Å². The molecular formula is C22H24N2O4S. The third-order valence-electron chi connectivity index (χ3n) is 5.35. The average Bonchev–Trinajstić information content (AvgIpc) is 3.22. The predicted molar refractivity (Wildman–Crippen MR) is 114 cm³/mol. The molecule has 0 atom stereocenters. The SMILES string of the molecule is COc1cc(C(=O)N2CCC(c3nc4ccccc4s3)CC2)cc(OC)c1OC. The van der Waals surface area contributed by atoms with Gasteiger partial charge in [0, 0.05) is 24.6 Å². The fourth-order valence-electron chi connectivity index (χ4n) is 3.78. The minimum atomic E-state index is -0.0213. The van der Waals surface area contributed by atoms with Gasteiger partial charge in [-0.15, -0.1) is 11.3 Å². The van der Waals surface area contributed by atoms with Crippen LogP contribution in [-0.2, 0) is 0 Å². The number of methoxy groups -OCH3 is 3. The molecule has 2 aromatic carbocycles. The third-order valence-corrected chi connectivity index (χ3v) is 6.55. The standard InChI is InChI=1S/C22H24N2O4S/c1-26-17-12-15(13-18(27-2)20(17)28-3)22(25)24-10-8-14(9-11-24)21-23-16-6-4-5-7-19(16)29-21/h4-7,12-14H,8-11H2,1-3H3.